The van der Waals surface area contributed by atoms with Crippen molar-refractivity contribution in [2.24, 2.45) is 5.92 Å². The van der Waals surface area contributed by atoms with Crippen molar-refractivity contribution >= 4 is 5.91 Å². The van der Waals surface area contributed by atoms with Crippen LogP contribution in [-0.4, -0.2) is 47.3 Å². The first-order valence-electron chi connectivity index (χ1n) is 9.35. The van der Waals surface area contributed by atoms with Crippen LogP contribution in [0.1, 0.15) is 70.6 Å². The van der Waals surface area contributed by atoms with Crippen LogP contribution in [0.15, 0.2) is 0 Å². The molecule has 0 radical (unpaired) electrons. The summed E-state index contributed by atoms with van der Waals surface area (Å²) in [6, 6.07) is 0.248. The molecule has 3 rings (SSSR count). The number of amides is 1. The number of aliphatic hydroxyl groups is 1. The zero-order valence-corrected chi connectivity index (χ0v) is 13.7. The molecule has 0 aromatic carbocycles. The standard InChI is InChI=1S/C18H31NO3/c20-17-11-5-4-9-15(17)16-10-6-12-19(16)18(21)13-22-14-7-2-1-3-8-14/h14-17,20H,1-13H2/t15-,16-,17-/m1/s1. The fourth-order valence-corrected chi connectivity index (χ4v) is 4.64. The van der Waals surface area contributed by atoms with Crippen molar-refractivity contribution in [3.05, 3.63) is 0 Å². The van der Waals surface area contributed by atoms with Crippen LogP contribution in [0.5, 0.6) is 0 Å². The van der Waals surface area contributed by atoms with Crippen molar-refractivity contribution in [2.45, 2.75) is 88.9 Å². The quantitative estimate of drug-likeness (QED) is 0.869. The second kappa shape index (κ2) is 7.78. The second-order valence-electron chi connectivity index (χ2n) is 7.38. The first-order valence-corrected chi connectivity index (χ1v) is 9.35. The van der Waals surface area contributed by atoms with E-state index in [4.69, 9.17) is 4.74 Å². The second-order valence-corrected chi connectivity index (χ2v) is 7.38. The molecule has 0 aromatic heterocycles. The summed E-state index contributed by atoms with van der Waals surface area (Å²) in [5.74, 6) is 0.431. The minimum atomic E-state index is -0.216. The summed E-state index contributed by atoms with van der Waals surface area (Å²) in [6.45, 7) is 1.09. The first kappa shape index (κ1) is 16.3. The number of rotatable bonds is 4. The smallest absolute Gasteiger partial charge is 0.248 e. The maximum Gasteiger partial charge on any atom is 0.248 e. The zero-order chi connectivity index (χ0) is 15.4. The fraction of sp³-hybridized carbons (Fsp3) is 0.944. The molecule has 0 unspecified atom stereocenters. The summed E-state index contributed by atoms with van der Waals surface area (Å²) in [4.78, 5) is 14.6. The third kappa shape index (κ3) is 3.83. The minimum absolute atomic E-state index is 0.144. The highest BCUT2D eigenvalue weighted by Crippen LogP contribution is 2.34. The summed E-state index contributed by atoms with van der Waals surface area (Å²) in [5, 5.41) is 10.3. The van der Waals surface area contributed by atoms with E-state index in [1.807, 2.05) is 4.90 Å². The summed E-state index contributed by atoms with van der Waals surface area (Å²) < 4.78 is 5.87. The number of hydrogen-bond acceptors (Lipinski definition) is 3. The Bertz CT molecular complexity index is 367. The topological polar surface area (TPSA) is 49.8 Å². The molecule has 1 heterocycles. The Kier molecular flexibility index (Phi) is 5.75. The zero-order valence-electron chi connectivity index (χ0n) is 13.7. The average Bonchev–Trinajstić information content (AvgIpc) is 3.03. The number of likely N-dealkylation sites (tertiary alicyclic amines) is 1. The van der Waals surface area contributed by atoms with Crippen molar-refractivity contribution in [1.29, 1.82) is 0 Å². The van der Waals surface area contributed by atoms with Crippen LogP contribution in [0.2, 0.25) is 0 Å². The molecule has 3 atom stereocenters. The lowest BCUT2D eigenvalue weighted by Crippen LogP contribution is -2.46. The highest BCUT2D eigenvalue weighted by atomic mass is 16.5. The number of aliphatic hydroxyl groups excluding tert-OH is 1. The number of carbonyl (C=O) groups is 1. The predicted octanol–water partition coefficient (Wildman–Crippen LogP) is 2.88. The summed E-state index contributed by atoms with van der Waals surface area (Å²) >= 11 is 0. The maximum absolute atomic E-state index is 12.6. The molecule has 1 amide bonds. The van der Waals surface area contributed by atoms with Crippen LogP contribution in [0, 0.1) is 5.92 Å². The molecule has 1 aliphatic heterocycles. The summed E-state index contributed by atoms with van der Waals surface area (Å²) in [7, 11) is 0. The molecule has 22 heavy (non-hydrogen) atoms. The molecule has 4 nitrogen and oxygen atoms in total. The minimum Gasteiger partial charge on any atom is -0.393 e. The summed E-state index contributed by atoms with van der Waals surface area (Å²) in [5.41, 5.74) is 0. The number of ether oxygens (including phenoxy) is 1. The number of nitrogens with zero attached hydrogens (tertiary/aromatic N) is 1. The van der Waals surface area contributed by atoms with Crippen LogP contribution in [0.4, 0.5) is 0 Å². The lowest BCUT2D eigenvalue weighted by atomic mass is 9.80. The lowest BCUT2D eigenvalue weighted by molar-refractivity contribution is -0.141. The Morgan fingerprint density at radius 1 is 0.955 bits per heavy atom. The molecule has 1 saturated heterocycles. The van der Waals surface area contributed by atoms with E-state index in [0.29, 0.717) is 6.10 Å². The van der Waals surface area contributed by atoms with E-state index < -0.39 is 0 Å². The molecule has 4 heteroatoms. The van der Waals surface area contributed by atoms with Gasteiger partial charge in [0.2, 0.25) is 5.91 Å². The molecule has 1 N–H and O–H groups in total. The molecule has 0 spiro atoms. The Balaban J connectivity index is 1.51. The molecular weight excluding hydrogens is 278 g/mol. The third-order valence-corrected chi connectivity index (χ3v) is 5.89. The van der Waals surface area contributed by atoms with Crippen LogP contribution >= 0.6 is 0 Å². The van der Waals surface area contributed by atoms with Gasteiger partial charge in [-0.15, -0.1) is 0 Å². The molecule has 3 fully saturated rings. The SMILES string of the molecule is O=C(COC1CCCCC1)N1CCC[C@@H]1[C@H]1CCCC[C@H]1O. The van der Waals surface area contributed by atoms with Gasteiger partial charge in [-0.1, -0.05) is 32.1 Å². The monoisotopic (exact) mass is 309 g/mol. The van der Waals surface area contributed by atoms with Crippen LogP contribution < -0.4 is 0 Å². The normalized spacial score (nSPS) is 34.0. The van der Waals surface area contributed by atoms with Gasteiger partial charge in [0.1, 0.15) is 6.61 Å². The van der Waals surface area contributed by atoms with Gasteiger partial charge in [0.05, 0.1) is 12.2 Å². The fourth-order valence-electron chi connectivity index (χ4n) is 4.64. The van der Waals surface area contributed by atoms with E-state index in [0.717, 1.165) is 51.5 Å². The van der Waals surface area contributed by atoms with Gasteiger partial charge >= 0.3 is 0 Å². The Morgan fingerprint density at radius 3 is 2.45 bits per heavy atom. The van der Waals surface area contributed by atoms with E-state index in [1.54, 1.807) is 0 Å². The first-order chi connectivity index (χ1) is 10.8. The van der Waals surface area contributed by atoms with Crippen LogP contribution in [-0.2, 0) is 9.53 Å². The third-order valence-electron chi connectivity index (χ3n) is 5.89. The molecule has 126 valence electrons. The maximum atomic E-state index is 12.6. The van der Waals surface area contributed by atoms with Crippen molar-refractivity contribution in [2.75, 3.05) is 13.2 Å². The van der Waals surface area contributed by atoms with Crippen molar-refractivity contribution in [3.63, 3.8) is 0 Å². The van der Waals surface area contributed by atoms with Gasteiger partial charge in [-0.3, -0.25) is 4.79 Å². The summed E-state index contributed by atoms with van der Waals surface area (Å²) in [6.07, 6.45) is 12.5. The Morgan fingerprint density at radius 2 is 1.68 bits per heavy atom. The van der Waals surface area contributed by atoms with Gasteiger partial charge in [0, 0.05) is 18.5 Å². The van der Waals surface area contributed by atoms with E-state index in [2.05, 4.69) is 0 Å². The van der Waals surface area contributed by atoms with Crippen molar-refractivity contribution < 1.29 is 14.6 Å². The van der Waals surface area contributed by atoms with Crippen LogP contribution in [0.25, 0.3) is 0 Å². The van der Waals surface area contributed by atoms with E-state index in [-0.39, 0.29) is 30.6 Å². The lowest BCUT2D eigenvalue weighted by Gasteiger charge is -2.37. The molecule has 3 aliphatic rings. The predicted molar refractivity (Wildman–Crippen MR) is 85.5 cm³/mol. The van der Waals surface area contributed by atoms with Gasteiger partial charge in [0.25, 0.3) is 0 Å². The molecule has 2 aliphatic carbocycles. The highest BCUT2D eigenvalue weighted by Gasteiger charge is 2.38. The van der Waals surface area contributed by atoms with Crippen LogP contribution in [0.3, 0.4) is 0 Å². The average molecular weight is 309 g/mol. The van der Waals surface area contributed by atoms with Crippen molar-refractivity contribution in [1.82, 2.24) is 4.90 Å². The Hall–Kier alpha value is -0.610. The van der Waals surface area contributed by atoms with E-state index >= 15 is 0 Å². The Labute approximate surface area is 134 Å². The van der Waals surface area contributed by atoms with Gasteiger partial charge < -0.3 is 14.7 Å². The molecule has 2 saturated carbocycles. The van der Waals surface area contributed by atoms with Gasteiger partial charge in [-0.05, 0) is 38.5 Å². The largest absolute Gasteiger partial charge is 0.393 e. The van der Waals surface area contributed by atoms with Gasteiger partial charge in [0.15, 0.2) is 0 Å². The highest BCUT2D eigenvalue weighted by molar-refractivity contribution is 5.78. The molecule has 0 bridgehead atoms. The molecular formula is C18H31NO3. The van der Waals surface area contributed by atoms with Gasteiger partial charge in [-0.25, -0.2) is 0 Å². The van der Waals surface area contributed by atoms with E-state index in [9.17, 15) is 9.90 Å². The van der Waals surface area contributed by atoms with Crippen molar-refractivity contribution in [3.8, 4) is 0 Å². The van der Waals surface area contributed by atoms with Gasteiger partial charge in [-0.2, -0.15) is 0 Å². The number of hydrogen-bond donors (Lipinski definition) is 1. The number of carbonyl (C=O) groups excluding carboxylic acids is 1. The molecule has 0 aromatic rings. The van der Waals surface area contributed by atoms with E-state index in [1.165, 1.54) is 25.7 Å².